The van der Waals surface area contributed by atoms with E-state index >= 15 is 0 Å². The Kier molecular flexibility index (Phi) is 5.12. The molecule has 32 heavy (non-hydrogen) atoms. The molecule has 166 valence electrons. The smallest absolute Gasteiger partial charge is 0.328 e. The van der Waals surface area contributed by atoms with Crippen LogP contribution in [-0.2, 0) is 9.59 Å². The van der Waals surface area contributed by atoms with Crippen molar-refractivity contribution in [1.29, 1.82) is 0 Å². The molecule has 2 fully saturated rings. The Labute approximate surface area is 192 Å². The summed E-state index contributed by atoms with van der Waals surface area (Å²) in [6, 6.07) is 13.9. The minimum Gasteiger partial charge on any atom is -0.425 e. The summed E-state index contributed by atoms with van der Waals surface area (Å²) in [5.41, 5.74) is -1.55. The molecule has 2 aliphatic carbocycles. The van der Waals surface area contributed by atoms with Gasteiger partial charge in [-0.3, -0.25) is 14.4 Å². The molecule has 5 rings (SSSR count). The van der Waals surface area contributed by atoms with Crippen LogP contribution in [0.15, 0.2) is 48.5 Å². The summed E-state index contributed by atoms with van der Waals surface area (Å²) in [5, 5.41) is 3.65. The zero-order chi connectivity index (χ0) is 22.5. The van der Waals surface area contributed by atoms with Gasteiger partial charge in [-0.05, 0) is 49.6 Å². The SMILES string of the molecule is CC[C@]1(C(=O)c2ccc(Cl)cc2)[C@H]2c3ccccc3OC(=O)[C@@]21C(=O)NC1CCCCC1. The molecule has 6 heteroatoms. The van der Waals surface area contributed by atoms with Crippen LogP contribution in [0.5, 0.6) is 5.75 Å². The van der Waals surface area contributed by atoms with E-state index in [1.807, 2.05) is 19.1 Å². The number of carbonyl (C=O) groups is 3. The van der Waals surface area contributed by atoms with Gasteiger partial charge in [0.2, 0.25) is 5.91 Å². The van der Waals surface area contributed by atoms with Crippen molar-refractivity contribution in [2.45, 2.75) is 57.4 Å². The number of hydrogen-bond donors (Lipinski definition) is 1. The van der Waals surface area contributed by atoms with Gasteiger partial charge in [0, 0.05) is 28.1 Å². The number of hydrogen-bond acceptors (Lipinski definition) is 4. The van der Waals surface area contributed by atoms with Gasteiger partial charge in [-0.2, -0.15) is 0 Å². The minimum absolute atomic E-state index is 0.0250. The summed E-state index contributed by atoms with van der Waals surface area (Å²) in [6.45, 7) is 1.87. The van der Waals surface area contributed by atoms with Crippen LogP contribution in [0.2, 0.25) is 5.02 Å². The van der Waals surface area contributed by atoms with Crippen LogP contribution in [0, 0.1) is 10.8 Å². The lowest BCUT2D eigenvalue weighted by Crippen LogP contribution is -2.49. The van der Waals surface area contributed by atoms with Crippen molar-refractivity contribution in [1.82, 2.24) is 5.32 Å². The number of rotatable bonds is 5. The van der Waals surface area contributed by atoms with E-state index in [1.165, 1.54) is 0 Å². The third-order valence-corrected chi connectivity index (χ3v) is 7.92. The first kappa shape index (κ1) is 21.2. The Morgan fingerprint density at radius 2 is 1.75 bits per heavy atom. The number of fused-ring (bicyclic) bond motifs is 3. The number of ketones is 1. The number of amides is 1. The summed E-state index contributed by atoms with van der Waals surface area (Å²) in [5.74, 6) is -1.34. The molecule has 3 aliphatic rings. The molecule has 0 unspecified atom stereocenters. The number of Topliss-reactive ketones (excluding diaryl/α,β-unsaturated/α-hetero) is 1. The van der Waals surface area contributed by atoms with Crippen LogP contribution < -0.4 is 10.1 Å². The largest absolute Gasteiger partial charge is 0.425 e. The standard InChI is InChI=1S/C26H26ClNO4/c1-2-25(22(29)16-12-14-17(27)15-13-16)21-19-10-6-7-11-20(19)32-24(31)26(21,25)23(30)28-18-8-4-3-5-9-18/h6-7,10-15,18,21H,2-5,8-9H2,1H3,(H,28,30)/t21-,25-,26+/m1/s1. The lowest BCUT2D eigenvalue weighted by Gasteiger charge is -2.28. The molecular formula is C26H26ClNO4. The van der Waals surface area contributed by atoms with Gasteiger partial charge in [0.25, 0.3) is 0 Å². The van der Waals surface area contributed by atoms with Crippen molar-refractivity contribution in [2.24, 2.45) is 10.8 Å². The molecular weight excluding hydrogens is 426 g/mol. The maximum atomic E-state index is 14.0. The van der Waals surface area contributed by atoms with E-state index in [4.69, 9.17) is 16.3 Å². The predicted molar refractivity (Wildman–Crippen MR) is 121 cm³/mol. The van der Waals surface area contributed by atoms with Gasteiger partial charge in [-0.25, -0.2) is 0 Å². The first-order valence-electron chi connectivity index (χ1n) is 11.4. The van der Waals surface area contributed by atoms with E-state index < -0.39 is 22.7 Å². The second-order valence-electron chi connectivity index (χ2n) is 9.14. The average Bonchev–Trinajstić information content (AvgIpc) is 3.47. The molecule has 2 aromatic rings. The van der Waals surface area contributed by atoms with Crippen molar-refractivity contribution in [3.8, 4) is 5.75 Å². The normalized spacial score (nSPS) is 28.8. The molecule has 0 aromatic heterocycles. The Hall–Kier alpha value is -2.66. The van der Waals surface area contributed by atoms with Crippen molar-refractivity contribution >= 4 is 29.3 Å². The Morgan fingerprint density at radius 3 is 2.44 bits per heavy atom. The molecule has 0 saturated heterocycles. The molecule has 1 N–H and O–H groups in total. The first-order chi connectivity index (χ1) is 15.5. The second-order valence-corrected chi connectivity index (χ2v) is 9.57. The quantitative estimate of drug-likeness (QED) is 0.298. The molecule has 0 spiro atoms. The van der Waals surface area contributed by atoms with E-state index in [9.17, 15) is 14.4 Å². The number of para-hydroxylation sites is 1. The summed E-state index contributed by atoms with van der Waals surface area (Å²) >= 11 is 6.03. The molecule has 2 aromatic carbocycles. The van der Waals surface area contributed by atoms with Crippen LogP contribution in [0.4, 0.5) is 0 Å². The fraction of sp³-hybridized carbons (Fsp3) is 0.423. The molecule has 1 heterocycles. The lowest BCUT2D eigenvalue weighted by atomic mass is 9.82. The summed E-state index contributed by atoms with van der Waals surface area (Å²) < 4.78 is 5.69. The van der Waals surface area contributed by atoms with Crippen molar-refractivity contribution < 1.29 is 19.1 Å². The van der Waals surface area contributed by atoms with Gasteiger partial charge >= 0.3 is 5.97 Å². The zero-order valence-electron chi connectivity index (χ0n) is 18.0. The number of nitrogens with one attached hydrogen (secondary N) is 1. The van der Waals surface area contributed by atoms with E-state index in [2.05, 4.69) is 5.32 Å². The fourth-order valence-corrected chi connectivity index (χ4v) is 6.24. The maximum Gasteiger partial charge on any atom is 0.328 e. The molecule has 5 nitrogen and oxygen atoms in total. The summed E-state index contributed by atoms with van der Waals surface area (Å²) in [6.07, 6.45) is 5.39. The monoisotopic (exact) mass is 451 g/mol. The van der Waals surface area contributed by atoms with Gasteiger partial charge in [0.05, 0.1) is 5.41 Å². The van der Waals surface area contributed by atoms with Crippen molar-refractivity contribution in [3.63, 3.8) is 0 Å². The minimum atomic E-state index is -1.55. The van der Waals surface area contributed by atoms with Crippen LogP contribution in [-0.4, -0.2) is 23.7 Å². The highest BCUT2D eigenvalue weighted by atomic mass is 35.5. The molecule has 1 aliphatic heterocycles. The topological polar surface area (TPSA) is 72.5 Å². The van der Waals surface area contributed by atoms with Crippen molar-refractivity contribution in [2.75, 3.05) is 0 Å². The molecule has 2 saturated carbocycles. The van der Waals surface area contributed by atoms with E-state index in [-0.39, 0.29) is 17.7 Å². The van der Waals surface area contributed by atoms with Crippen LogP contribution >= 0.6 is 11.6 Å². The van der Waals surface area contributed by atoms with E-state index in [1.54, 1.807) is 36.4 Å². The van der Waals surface area contributed by atoms with E-state index in [0.29, 0.717) is 22.8 Å². The van der Waals surface area contributed by atoms with Crippen molar-refractivity contribution in [3.05, 3.63) is 64.7 Å². The van der Waals surface area contributed by atoms with E-state index in [0.717, 1.165) is 37.7 Å². The molecule has 0 bridgehead atoms. The fourth-order valence-electron chi connectivity index (χ4n) is 6.11. The third-order valence-electron chi connectivity index (χ3n) is 7.67. The van der Waals surface area contributed by atoms with Gasteiger partial charge in [-0.1, -0.05) is 56.0 Å². The van der Waals surface area contributed by atoms with Gasteiger partial charge in [0.1, 0.15) is 5.75 Å². The zero-order valence-corrected chi connectivity index (χ0v) is 18.8. The summed E-state index contributed by atoms with van der Waals surface area (Å²) in [4.78, 5) is 41.3. The molecule has 3 atom stereocenters. The molecule has 0 radical (unpaired) electrons. The molecule has 1 amide bonds. The van der Waals surface area contributed by atoms with Crippen LogP contribution in [0.25, 0.3) is 0 Å². The highest BCUT2D eigenvalue weighted by Crippen LogP contribution is 2.79. The third kappa shape index (κ3) is 2.80. The Morgan fingerprint density at radius 1 is 1.06 bits per heavy atom. The number of esters is 1. The Balaban J connectivity index is 1.62. The predicted octanol–water partition coefficient (Wildman–Crippen LogP) is 5.07. The second kappa shape index (κ2) is 7.73. The van der Waals surface area contributed by atoms with Crippen LogP contribution in [0.1, 0.15) is 67.3 Å². The number of benzene rings is 2. The first-order valence-corrected chi connectivity index (χ1v) is 11.8. The van der Waals surface area contributed by atoms with Gasteiger partial charge < -0.3 is 10.1 Å². The highest BCUT2D eigenvalue weighted by molar-refractivity contribution is 6.30. The summed E-state index contributed by atoms with van der Waals surface area (Å²) in [7, 11) is 0. The number of halogens is 1. The van der Waals surface area contributed by atoms with Gasteiger partial charge in [-0.15, -0.1) is 0 Å². The lowest BCUT2D eigenvalue weighted by molar-refractivity contribution is -0.150. The highest BCUT2D eigenvalue weighted by Gasteiger charge is 2.89. The maximum absolute atomic E-state index is 14.0. The number of ether oxygens (including phenoxy) is 1. The van der Waals surface area contributed by atoms with Gasteiger partial charge in [0.15, 0.2) is 11.2 Å². The Bertz CT molecular complexity index is 1090. The van der Waals surface area contributed by atoms with Crippen LogP contribution in [0.3, 0.4) is 0 Å². The number of carbonyl (C=O) groups excluding carboxylic acids is 3. The average molecular weight is 452 g/mol.